The fourth-order valence-electron chi connectivity index (χ4n) is 1.89. The number of hydrogen-bond acceptors (Lipinski definition) is 4. The predicted octanol–water partition coefficient (Wildman–Crippen LogP) is 2.30. The second-order valence-electron chi connectivity index (χ2n) is 5.33. The van der Waals surface area contributed by atoms with Gasteiger partial charge in [-0.25, -0.2) is 9.18 Å². The fraction of sp³-hybridized carbons (Fsp3) is 0.500. The van der Waals surface area contributed by atoms with E-state index < -0.39 is 12.0 Å². The van der Waals surface area contributed by atoms with Gasteiger partial charge in [0.2, 0.25) is 5.91 Å². The summed E-state index contributed by atoms with van der Waals surface area (Å²) in [7, 11) is 1.29. The molecule has 0 fully saturated rings. The maximum atomic E-state index is 12.7. The van der Waals surface area contributed by atoms with E-state index in [-0.39, 0.29) is 30.7 Å². The molecule has 5 nitrogen and oxygen atoms in total. The highest BCUT2D eigenvalue weighted by Crippen LogP contribution is 2.11. The van der Waals surface area contributed by atoms with E-state index in [4.69, 9.17) is 4.74 Å². The van der Waals surface area contributed by atoms with Crippen LogP contribution in [0.5, 0.6) is 5.75 Å². The van der Waals surface area contributed by atoms with Crippen LogP contribution in [-0.2, 0) is 14.3 Å². The Kier molecular flexibility index (Phi) is 7.36. The Morgan fingerprint density at radius 1 is 1.23 bits per heavy atom. The average molecular weight is 311 g/mol. The molecule has 0 aliphatic heterocycles. The maximum absolute atomic E-state index is 12.7. The van der Waals surface area contributed by atoms with E-state index in [0.29, 0.717) is 12.2 Å². The third-order valence-corrected chi connectivity index (χ3v) is 2.94. The Bertz CT molecular complexity index is 487. The van der Waals surface area contributed by atoms with Crippen molar-refractivity contribution in [1.29, 1.82) is 0 Å². The number of carbonyl (C=O) groups is 2. The van der Waals surface area contributed by atoms with Crippen molar-refractivity contribution in [3.8, 4) is 5.75 Å². The van der Waals surface area contributed by atoms with Gasteiger partial charge in [-0.2, -0.15) is 0 Å². The number of carbonyl (C=O) groups excluding carboxylic acids is 2. The zero-order valence-electron chi connectivity index (χ0n) is 13.1. The molecule has 0 radical (unpaired) electrons. The number of ether oxygens (including phenoxy) is 2. The standard InChI is InChI=1S/C16H22FNO4/c1-11(2)10-14(16(20)21-3)18-15(19)8-9-22-13-6-4-12(17)5-7-13/h4-7,11,14H,8-10H2,1-3H3,(H,18,19). The lowest BCUT2D eigenvalue weighted by molar-refractivity contribution is -0.145. The minimum absolute atomic E-state index is 0.100. The highest BCUT2D eigenvalue weighted by Gasteiger charge is 2.22. The van der Waals surface area contributed by atoms with Gasteiger partial charge >= 0.3 is 5.97 Å². The van der Waals surface area contributed by atoms with Crippen molar-refractivity contribution in [2.45, 2.75) is 32.7 Å². The van der Waals surface area contributed by atoms with Crippen LogP contribution >= 0.6 is 0 Å². The van der Waals surface area contributed by atoms with Gasteiger partial charge in [-0.05, 0) is 36.6 Å². The summed E-state index contributed by atoms with van der Waals surface area (Å²) in [5, 5.41) is 2.64. The molecule has 0 aliphatic carbocycles. The van der Waals surface area contributed by atoms with E-state index in [1.807, 2.05) is 13.8 Å². The Balaban J connectivity index is 2.39. The molecule has 6 heteroatoms. The molecule has 0 saturated heterocycles. The molecule has 0 aliphatic rings. The summed E-state index contributed by atoms with van der Waals surface area (Å²) >= 11 is 0. The third kappa shape index (κ3) is 6.56. The quantitative estimate of drug-likeness (QED) is 0.748. The molecule has 0 bridgehead atoms. The zero-order valence-corrected chi connectivity index (χ0v) is 13.1. The van der Waals surface area contributed by atoms with Gasteiger partial charge in [-0.15, -0.1) is 0 Å². The summed E-state index contributed by atoms with van der Waals surface area (Å²) in [6.07, 6.45) is 0.611. The second kappa shape index (κ2) is 9.02. The van der Waals surface area contributed by atoms with E-state index in [1.54, 1.807) is 0 Å². The Morgan fingerprint density at radius 3 is 2.41 bits per heavy atom. The lowest BCUT2D eigenvalue weighted by Gasteiger charge is -2.18. The van der Waals surface area contributed by atoms with Gasteiger partial charge < -0.3 is 14.8 Å². The number of benzene rings is 1. The van der Waals surface area contributed by atoms with E-state index >= 15 is 0 Å². The molecule has 1 aromatic rings. The van der Waals surface area contributed by atoms with E-state index in [2.05, 4.69) is 10.1 Å². The second-order valence-corrected chi connectivity index (χ2v) is 5.33. The first-order valence-corrected chi connectivity index (χ1v) is 7.18. The predicted molar refractivity (Wildman–Crippen MR) is 79.9 cm³/mol. The summed E-state index contributed by atoms with van der Waals surface area (Å²) in [6, 6.07) is 4.90. The van der Waals surface area contributed by atoms with Crippen molar-refractivity contribution < 1.29 is 23.5 Å². The van der Waals surface area contributed by atoms with Crippen LogP contribution < -0.4 is 10.1 Å². The van der Waals surface area contributed by atoms with Crippen LogP contribution in [0.1, 0.15) is 26.7 Å². The summed E-state index contributed by atoms with van der Waals surface area (Å²) in [5.74, 6) is -0.361. The van der Waals surface area contributed by atoms with Crippen molar-refractivity contribution in [1.82, 2.24) is 5.32 Å². The molecule has 0 spiro atoms. The van der Waals surface area contributed by atoms with Crippen molar-refractivity contribution in [3.05, 3.63) is 30.1 Å². The molecule has 1 aromatic carbocycles. The molecule has 0 saturated carbocycles. The highest BCUT2D eigenvalue weighted by atomic mass is 19.1. The van der Waals surface area contributed by atoms with Crippen LogP contribution in [0.4, 0.5) is 4.39 Å². The number of rotatable bonds is 8. The smallest absolute Gasteiger partial charge is 0.328 e. The number of methoxy groups -OCH3 is 1. The van der Waals surface area contributed by atoms with Gasteiger partial charge in [-0.3, -0.25) is 4.79 Å². The Labute approximate surface area is 129 Å². The number of halogens is 1. The van der Waals surface area contributed by atoms with E-state index in [1.165, 1.54) is 31.4 Å². The summed E-state index contributed by atoms with van der Waals surface area (Å²) < 4.78 is 22.7. The van der Waals surface area contributed by atoms with Crippen LogP contribution in [0.15, 0.2) is 24.3 Å². The van der Waals surface area contributed by atoms with Gasteiger partial charge in [0.25, 0.3) is 0 Å². The molecule has 1 amide bonds. The van der Waals surface area contributed by atoms with Gasteiger partial charge in [-0.1, -0.05) is 13.8 Å². The summed E-state index contributed by atoms with van der Waals surface area (Å²) in [6.45, 7) is 4.06. The monoisotopic (exact) mass is 311 g/mol. The molecular formula is C16H22FNO4. The average Bonchev–Trinajstić information content (AvgIpc) is 2.47. The largest absolute Gasteiger partial charge is 0.493 e. The molecule has 0 aromatic heterocycles. The topological polar surface area (TPSA) is 64.6 Å². The van der Waals surface area contributed by atoms with Crippen molar-refractivity contribution >= 4 is 11.9 Å². The van der Waals surface area contributed by atoms with Crippen molar-refractivity contribution in [2.24, 2.45) is 5.92 Å². The molecular weight excluding hydrogens is 289 g/mol. The van der Waals surface area contributed by atoms with Crippen LogP contribution in [0.3, 0.4) is 0 Å². The molecule has 1 rings (SSSR count). The fourth-order valence-corrected chi connectivity index (χ4v) is 1.89. The van der Waals surface area contributed by atoms with Gasteiger partial charge in [0.05, 0.1) is 20.1 Å². The van der Waals surface area contributed by atoms with Gasteiger partial charge in [0, 0.05) is 0 Å². The molecule has 1 N–H and O–H groups in total. The first-order chi connectivity index (χ1) is 10.4. The lowest BCUT2D eigenvalue weighted by Crippen LogP contribution is -2.42. The summed E-state index contributed by atoms with van der Waals surface area (Å²) in [4.78, 5) is 23.4. The van der Waals surface area contributed by atoms with Gasteiger partial charge in [0.15, 0.2) is 0 Å². The Hall–Kier alpha value is -2.11. The lowest BCUT2D eigenvalue weighted by atomic mass is 10.0. The van der Waals surface area contributed by atoms with Crippen LogP contribution in [0, 0.1) is 11.7 Å². The molecule has 122 valence electrons. The first-order valence-electron chi connectivity index (χ1n) is 7.18. The number of esters is 1. The molecule has 22 heavy (non-hydrogen) atoms. The third-order valence-electron chi connectivity index (χ3n) is 2.94. The minimum atomic E-state index is -0.650. The van der Waals surface area contributed by atoms with Crippen LogP contribution in [-0.4, -0.2) is 31.6 Å². The van der Waals surface area contributed by atoms with E-state index in [9.17, 15) is 14.0 Å². The molecule has 1 unspecified atom stereocenters. The van der Waals surface area contributed by atoms with Crippen molar-refractivity contribution in [3.63, 3.8) is 0 Å². The normalized spacial score (nSPS) is 11.9. The zero-order chi connectivity index (χ0) is 16.5. The highest BCUT2D eigenvalue weighted by molar-refractivity contribution is 5.84. The van der Waals surface area contributed by atoms with Crippen LogP contribution in [0.25, 0.3) is 0 Å². The molecule has 1 atom stereocenters. The van der Waals surface area contributed by atoms with Gasteiger partial charge in [0.1, 0.15) is 17.6 Å². The minimum Gasteiger partial charge on any atom is -0.493 e. The number of hydrogen-bond donors (Lipinski definition) is 1. The number of nitrogens with one attached hydrogen (secondary N) is 1. The van der Waals surface area contributed by atoms with Crippen LogP contribution in [0.2, 0.25) is 0 Å². The van der Waals surface area contributed by atoms with Crippen molar-refractivity contribution in [2.75, 3.05) is 13.7 Å². The Morgan fingerprint density at radius 2 is 1.86 bits per heavy atom. The SMILES string of the molecule is COC(=O)C(CC(C)C)NC(=O)CCOc1ccc(F)cc1. The number of amides is 1. The first kappa shape index (κ1) is 17.9. The maximum Gasteiger partial charge on any atom is 0.328 e. The van der Waals surface area contributed by atoms with E-state index in [0.717, 1.165) is 0 Å². The molecule has 0 heterocycles. The summed E-state index contributed by atoms with van der Waals surface area (Å²) in [5.41, 5.74) is 0.